The van der Waals surface area contributed by atoms with E-state index in [1.165, 1.54) is 15.3 Å². The summed E-state index contributed by atoms with van der Waals surface area (Å²) in [6.45, 7) is 4.88. The highest BCUT2D eigenvalue weighted by Gasteiger charge is 2.48. The molecule has 2 aliphatic rings. The van der Waals surface area contributed by atoms with Gasteiger partial charge in [0.25, 0.3) is 6.01 Å². The summed E-state index contributed by atoms with van der Waals surface area (Å²) in [5, 5.41) is 10.5. The third-order valence-corrected chi connectivity index (χ3v) is 7.09. The van der Waals surface area contributed by atoms with Crippen LogP contribution in [0.3, 0.4) is 0 Å². The number of H-pyrrole nitrogens is 1. The standard InChI is InChI=1S/C20H22ClN3O4S/c1-9-5-11(29-10(9)2)3-4-13-12(21)6-14-19(22-13)24-20(23-14)28-16-8-27-17-15(25)7-26-18(16)17/h5-6,15-18,25H,3-4,7-8H2,1-2H3,(H,22,23,24)/t15-,16-,17-,18-/m1/s1. The maximum absolute atomic E-state index is 9.86. The molecular formula is C20H22ClN3O4S. The monoisotopic (exact) mass is 435 g/mol. The van der Waals surface area contributed by atoms with Gasteiger partial charge in [-0.15, -0.1) is 11.3 Å². The van der Waals surface area contributed by atoms with E-state index in [2.05, 4.69) is 34.9 Å². The second-order valence-electron chi connectivity index (χ2n) is 7.60. The Morgan fingerprint density at radius 1 is 1.21 bits per heavy atom. The van der Waals surface area contributed by atoms with Crippen molar-refractivity contribution in [3.8, 4) is 6.01 Å². The Balaban J connectivity index is 1.31. The number of ether oxygens (including phenoxy) is 3. The number of nitrogens with one attached hydrogen (secondary N) is 1. The zero-order valence-electron chi connectivity index (χ0n) is 16.1. The lowest BCUT2D eigenvalue weighted by Crippen LogP contribution is -2.34. The zero-order valence-corrected chi connectivity index (χ0v) is 17.7. The first-order valence-corrected chi connectivity index (χ1v) is 10.9. The summed E-state index contributed by atoms with van der Waals surface area (Å²) in [7, 11) is 0. The Bertz CT molecular complexity index is 1030. The average molecular weight is 436 g/mol. The van der Waals surface area contributed by atoms with Gasteiger partial charge in [0.2, 0.25) is 0 Å². The van der Waals surface area contributed by atoms with Gasteiger partial charge in [0.05, 0.1) is 29.4 Å². The van der Waals surface area contributed by atoms with Crippen LogP contribution in [0.5, 0.6) is 6.01 Å². The molecule has 2 fully saturated rings. The number of fused-ring (bicyclic) bond motifs is 2. The lowest BCUT2D eigenvalue weighted by atomic mass is 10.1. The smallest absolute Gasteiger partial charge is 0.296 e. The number of aliphatic hydroxyl groups is 1. The molecule has 0 aliphatic carbocycles. The number of aryl methyl sites for hydroxylation is 4. The Hall–Kier alpha value is -1.71. The quantitative estimate of drug-likeness (QED) is 0.640. The maximum atomic E-state index is 9.86. The number of aromatic nitrogens is 3. The molecule has 5 heterocycles. The molecule has 7 nitrogen and oxygen atoms in total. The van der Waals surface area contributed by atoms with Crippen molar-refractivity contribution in [1.82, 2.24) is 15.0 Å². The highest BCUT2D eigenvalue weighted by Crippen LogP contribution is 2.30. The Kier molecular flexibility index (Phi) is 4.99. The van der Waals surface area contributed by atoms with Gasteiger partial charge >= 0.3 is 0 Å². The number of aromatic amines is 1. The van der Waals surface area contributed by atoms with Gasteiger partial charge in [0.15, 0.2) is 11.8 Å². The van der Waals surface area contributed by atoms with E-state index in [0.717, 1.165) is 24.1 Å². The molecule has 154 valence electrons. The topological polar surface area (TPSA) is 89.5 Å². The Morgan fingerprint density at radius 2 is 2.03 bits per heavy atom. The second-order valence-corrected chi connectivity index (χ2v) is 9.35. The van der Waals surface area contributed by atoms with E-state index in [1.54, 1.807) is 0 Å². The number of pyridine rings is 1. The van der Waals surface area contributed by atoms with Gasteiger partial charge < -0.3 is 24.3 Å². The molecule has 0 aromatic carbocycles. The fourth-order valence-corrected chi connectivity index (χ4v) is 5.17. The molecule has 2 N–H and O–H groups in total. The fourth-order valence-electron chi connectivity index (χ4n) is 3.87. The number of aliphatic hydroxyl groups excluding tert-OH is 1. The molecule has 2 saturated heterocycles. The van der Waals surface area contributed by atoms with Gasteiger partial charge in [-0.3, -0.25) is 0 Å². The molecule has 0 saturated carbocycles. The molecule has 2 aliphatic heterocycles. The summed E-state index contributed by atoms with van der Waals surface area (Å²) >= 11 is 8.28. The fraction of sp³-hybridized carbons (Fsp3) is 0.500. The normalized spacial score (nSPS) is 26.3. The van der Waals surface area contributed by atoms with Crippen molar-refractivity contribution in [2.75, 3.05) is 13.2 Å². The van der Waals surface area contributed by atoms with E-state index in [9.17, 15) is 5.11 Å². The third kappa shape index (κ3) is 3.64. The molecular weight excluding hydrogens is 414 g/mol. The van der Waals surface area contributed by atoms with Crippen molar-refractivity contribution in [3.63, 3.8) is 0 Å². The van der Waals surface area contributed by atoms with Crippen LogP contribution in [0.1, 0.15) is 21.0 Å². The Labute approximate surface area is 177 Å². The van der Waals surface area contributed by atoms with Crippen LogP contribution < -0.4 is 4.74 Å². The van der Waals surface area contributed by atoms with Crippen molar-refractivity contribution in [3.05, 3.63) is 38.2 Å². The van der Waals surface area contributed by atoms with E-state index in [0.29, 0.717) is 23.3 Å². The molecule has 5 rings (SSSR count). The van der Waals surface area contributed by atoms with Crippen molar-refractivity contribution in [1.29, 1.82) is 0 Å². The van der Waals surface area contributed by atoms with Crippen LogP contribution in [-0.4, -0.2) is 57.7 Å². The van der Waals surface area contributed by atoms with Crippen LogP contribution in [0.25, 0.3) is 11.2 Å². The summed E-state index contributed by atoms with van der Waals surface area (Å²) in [5.41, 5.74) is 3.44. The largest absolute Gasteiger partial charge is 0.456 e. The molecule has 0 radical (unpaired) electrons. The first-order valence-electron chi connectivity index (χ1n) is 9.67. The molecule has 4 atom stereocenters. The molecule has 0 spiro atoms. The highest BCUT2D eigenvalue weighted by atomic mass is 35.5. The lowest BCUT2D eigenvalue weighted by molar-refractivity contribution is 0.00706. The lowest BCUT2D eigenvalue weighted by Gasteiger charge is -2.15. The van der Waals surface area contributed by atoms with E-state index < -0.39 is 6.10 Å². The molecule has 0 bridgehead atoms. The number of hydrogen-bond acceptors (Lipinski definition) is 7. The molecule has 0 amide bonds. The highest BCUT2D eigenvalue weighted by molar-refractivity contribution is 7.12. The van der Waals surface area contributed by atoms with E-state index in [4.69, 9.17) is 25.8 Å². The minimum atomic E-state index is -0.608. The van der Waals surface area contributed by atoms with Crippen LogP contribution in [0.4, 0.5) is 0 Å². The average Bonchev–Trinajstić information content (AvgIpc) is 3.42. The molecule has 3 aromatic heterocycles. The predicted molar refractivity (Wildman–Crippen MR) is 110 cm³/mol. The first kappa shape index (κ1) is 19.3. The van der Waals surface area contributed by atoms with Gasteiger partial charge in [-0.05, 0) is 44.4 Å². The number of halogens is 1. The molecule has 3 aromatic rings. The van der Waals surface area contributed by atoms with E-state index in [1.807, 2.05) is 17.4 Å². The van der Waals surface area contributed by atoms with Gasteiger partial charge in [0, 0.05) is 9.75 Å². The minimum absolute atomic E-state index is 0.263. The number of nitrogens with zero attached hydrogens (tertiary/aromatic N) is 2. The number of thiophene rings is 1. The van der Waals surface area contributed by atoms with Crippen LogP contribution in [0.2, 0.25) is 5.02 Å². The van der Waals surface area contributed by atoms with Crippen molar-refractivity contribution >= 4 is 34.1 Å². The number of hydrogen-bond donors (Lipinski definition) is 2. The summed E-state index contributed by atoms with van der Waals surface area (Å²) in [6, 6.07) is 4.42. The van der Waals surface area contributed by atoms with Crippen LogP contribution >= 0.6 is 22.9 Å². The van der Waals surface area contributed by atoms with Crippen LogP contribution in [0, 0.1) is 13.8 Å². The zero-order chi connectivity index (χ0) is 20.1. The SMILES string of the molecule is Cc1cc(CCc2nc3nc(O[C@@H]4CO[C@H]5[C@@H]4OC[C@H]5O)[nH]c3cc2Cl)sc1C. The van der Waals surface area contributed by atoms with Crippen molar-refractivity contribution < 1.29 is 19.3 Å². The van der Waals surface area contributed by atoms with Crippen molar-refractivity contribution in [2.45, 2.75) is 51.1 Å². The summed E-state index contributed by atoms with van der Waals surface area (Å²) < 4.78 is 17.1. The second kappa shape index (κ2) is 7.52. The van der Waals surface area contributed by atoms with Gasteiger partial charge in [-0.2, -0.15) is 4.98 Å². The Morgan fingerprint density at radius 3 is 2.83 bits per heavy atom. The summed E-state index contributed by atoms with van der Waals surface area (Å²) in [4.78, 5) is 14.9. The van der Waals surface area contributed by atoms with E-state index >= 15 is 0 Å². The van der Waals surface area contributed by atoms with Gasteiger partial charge in [0.1, 0.15) is 18.3 Å². The maximum Gasteiger partial charge on any atom is 0.296 e. The minimum Gasteiger partial charge on any atom is -0.456 e. The van der Waals surface area contributed by atoms with Crippen LogP contribution in [-0.2, 0) is 22.3 Å². The molecule has 0 unspecified atom stereocenters. The summed E-state index contributed by atoms with van der Waals surface area (Å²) in [5.74, 6) is 0. The number of imidazole rings is 1. The van der Waals surface area contributed by atoms with Crippen LogP contribution in [0.15, 0.2) is 12.1 Å². The van der Waals surface area contributed by atoms with Gasteiger partial charge in [-0.1, -0.05) is 11.6 Å². The first-order chi connectivity index (χ1) is 14.0. The summed E-state index contributed by atoms with van der Waals surface area (Å²) in [6.07, 6.45) is 0.0914. The molecule has 29 heavy (non-hydrogen) atoms. The predicted octanol–water partition coefficient (Wildman–Crippen LogP) is 2.98. The van der Waals surface area contributed by atoms with Crippen molar-refractivity contribution in [2.24, 2.45) is 0 Å². The number of rotatable bonds is 5. The van der Waals surface area contributed by atoms with E-state index in [-0.39, 0.29) is 24.9 Å². The van der Waals surface area contributed by atoms with Gasteiger partial charge in [-0.25, -0.2) is 4.98 Å². The molecule has 9 heteroatoms. The third-order valence-electron chi connectivity index (χ3n) is 5.55.